The molecule has 0 radical (unpaired) electrons. The molecule has 2 aromatic rings. The second kappa shape index (κ2) is 8.38. The highest BCUT2D eigenvalue weighted by Crippen LogP contribution is 2.34. The Bertz CT molecular complexity index is 555. The Morgan fingerprint density at radius 1 is 1.15 bits per heavy atom. The van der Waals surface area contributed by atoms with E-state index in [2.05, 4.69) is 18.7 Å². The van der Waals surface area contributed by atoms with Crippen LogP contribution in [0, 0.1) is 0 Å². The Hall–Kier alpha value is -0.930. The lowest BCUT2D eigenvalue weighted by atomic mass is 10.1. The lowest BCUT2D eigenvalue weighted by Crippen LogP contribution is -2.09. The molecular weight excluding hydrogens is 309 g/mol. The summed E-state index contributed by atoms with van der Waals surface area (Å²) in [5.41, 5.74) is 7.33. The van der Waals surface area contributed by atoms with Crippen LogP contribution in [-0.2, 0) is 0 Å². The van der Waals surface area contributed by atoms with Gasteiger partial charge >= 0.3 is 0 Å². The lowest BCUT2D eigenvalue weighted by Gasteiger charge is -2.14. The van der Waals surface area contributed by atoms with Crippen molar-refractivity contribution in [3.8, 4) is 0 Å². The third-order valence-corrected chi connectivity index (χ3v) is 4.13. The Morgan fingerprint density at radius 2 is 1.80 bits per heavy atom. The molecule has 0 spiro atoms. The summed E-state index contributed by atoms with van der Waals surface area (Å²) in [6.07, 6.45) is 2.63. The molecule has 20 heavy (non-hydrogen) atoms. The highest BCUT2D eigenvalue weighted by Gasteiger charge is 2.10. The van der Waals surface area contributed by atoms with Crippen molar-refractivity contribution in [3.05, 3.63) is 71.8 Å². The molecule has 0 bridgehead atoms. The number of hydrogen-bond donors (Lipinski definition) is 1. The van der Waals surface area contributed by atoms with Crippen LogP contribution in [0.5, 0.6) is 0 Å². The summed E-state index contributed by atoms with van der Waals surface area (Å²) in [5, 5.41) is 0.751. The minimum atomic E-state index is -0.00602. The standard InChI is InChI=1S/C16H16ClNS.ClH/c1-2-5-15(18)14-6-3-4-7-16(14)19-13-10-8-12(17)9-11-13;/h2-4,6-11,15H,1,5,18H2;1H/t15-;/m1./s1. The molecule has 0 aliphatic rings. The molecule has 106 valence electrons. The van der Waals surface area contributed by atoms with E-state index < -0.39 is 0 Å². The van der Waals surface area contributed by atoms with Gasteiger partial charge in [0.1, 0.15) is 0 Å². The van der Waals surface area contributed by atoms with Crippen molar-refractivity contribution < 1.29 is 0 Å². The van der Waals surface area contributed by atoms with Gasteiger partial charge in [0, 0.05) is 20.9 Å². The van der Waals surface area contributed by atoms with Crippen molar-refractivity contribution in [3.63, 3.8) is 0 Å². The van der Waals surface area contributed by atoms with Gasteiger partial charge in [-0.15, -0.1) is 19.0 Å². The van der Waals surface area contributed by atoms with E-state index in [1.807, 2.05) is 42.5 Å². The second-order valence-corrected chi connectivity index (χ2v) is 5.78. The molecule has 0 amide bonds. The van der Waals surface area contributed by atoms with Crippen LogP contribution in [-0.4, -0.2) is 0 Å². The highest BCUT2D eigenvalue weighted by molar-refractivity contribution is 7.99. The van der Waals surface area contributed by atoms with Crippen LogP contribution in [0.3, 0.4) is 0 Å². The Balaban J connectivity index is 0.00000200. The van der Waals surface area contributed by atoms with Crippen LogP contribution in [0.25, 0.3) is 0 Å². The maximum atomic E-state index is 6.18. The smallest absolute Gasteiger partial charge is 0.0406 e. The normalized spacial score (nSPS) is 11.5. The topological polar surface area (TPSA) is 26.0 Å². The molecule has 2 N–H and O–H groups in total. The van der Waals surface area contributed by atoms with Crippen LogP contribution in [0.1, 0.15) is 18.0 Å². The van der Waals surface area contributed by atoms with Gasteiger partial charge in [0.25, 0.3) is 0 Å². The molecule has 2 rings (SSSR count). The van der Waals surface area contributed by atoms with Crippen LogP contribution in [0.4, 0.5) is 0 Å². The Morgan fingerprint density at radius 3 is 2.45 bits per heavy atom. The molecule has 0 fully saturated rings. The van der Waals surface area contributed by atoms with Crippen LogP contribution in [0.15, 0.2) is 71.0 Å². The van der Waals surface area contributed by atoms with Crippen molar-refractivity contribution in [1.82, 2.24) is 0 Å². The van der Waals surface area contributed by atoms with Crippen molar-refractivity contribution in [2.45, 2.75) is 22.3 Å². The minimum Gasteiger partial charge on any atom is -0.324 e. The first-order valence-electron chi connectivity index (χ1n) is 6.09. The molecule has 4 heteroatoms. The van der Waals surface area contributed by atoms with E-state index in [0.29, 0.717) is 0 Å². The summed E-state index contributed by atoms with van der Waals surface area (Å²) >= 11 is 7.60. The summed E-state index contributed by atoms with van der Waals surface area (Å²) in [4.78, 5) is 2.34. The highest BCUT2D eigenvalue weighted by atomic mass is 35.5. The van der Waals surface area contributed by atoms with E-state index in [4.69, 9.17) is 17.3 Å². The monoisotopic (exact) mass is 325 g/mol. The quantitative estimate of drug-likeness (QED) is 0.735. The lowest BCUT2D eigenvalue weighted by molar-refractivity contribution is 0.726. The molecular formula is C16H17Cl2NS. The predicted molar refractivity (Wildman–Crippen MR) is 91.0 cm³/mol. The van der Waals surface area contributed by atoms with E-state index in [1.54, 1.807) is 11.8 Å². The summed E-state index contributed by atoms with van der Waals surface area (Å²) < 4.78 is 0. The van der Waals surface area contributed by atoms with Crippen LogP contribution >= 0.6 is 35.8 Å². The maximum absolute atomic E-state index is 6.18. The first-order chi connectivity index (χ1) is 9.20. The number of rotatable bonds is 5. The van der Waals surface area contributed by atoms with E-state index >= 15 is 0 Å². The van der Waals surface area contributed by atoms with Gasteiger partial charge < -0.3 is 5.73 Å². The molecule has 0 aliphatic carbocycles. The molecule has 0 heterocycles. The van der Waals surface area contributed by atoms with Gasteiger partial charge in [0.2, 0.25) is 0 Å². The first kappa shape index (κ1) is 17.1. The first-order valence-corrected chi connectivity index (χ1v) is 7.29. The maximum Gasteiger partial charge on any atom is 0.0406 e. The zero-order chi connectivity index (χ0) is 13.7. The van der Waals surface area contributed by atoms with Crippen molar-refractivity contribution in [1.29, 1.82) is 0 Å². The van der Waals surface area contributed by atoms with Gasteiger partial charge in [-0.05, 0) is 42.3 Å². The van der Waals surface area contributed by atoms with Crippen LogP contribution in [0.2, 0.25) is 5.02 Å². The average molecular weight is 326 g/mol. The summed E-state index contributed by atoms with van der Waals surface area (Å²) in [5.74, 6) is 0. The van der Waals surface area contributed by atoms with Gasteiger partial charge in [-0.2, -0.15) is 0 Å². The Kier molecular flexibility index (Phi) is 7.17. The van der Waals surface area contributed by atoms with Crippen molar-refractivity contribution >= 4 is 35.8 Å². The van der Waals surface area contributed by atoms with Gasteiger partial charge in [0.15, 0.2) is 0 Å². The summed E-state index contributed by atoms with van der Waals surface area (Å²) in [7, 11) is 0. The average Bonchev–Trinajstić information content (AvgIpc) is 2.42. The molecule has 1 atom stereocenters. The van der Waals surface area contributed by atoms with Gasteiger partial charge in [-0.25, -0.2) is 0 Å². The molecule has 0 aliphatic heterocycles. The molecule has 0 saturated carbocycles. The molecule has 1 nitrogen and oxygen atoms in total. The zero-order valence-corrected chi connectivity index (χ0v) is 13.3. The Labute approximate surface area is 135 Å². The third kappa shape index (κ3) is 4.57. The number of halogens is 2. The van der Waals surface area contributed by atoms with E-state index in [-0.39, 0.29) is 18.4 Å². The fraction of sp³-hybridized carbons (Fsp3) is 0.125. The fourth-order valence-corrected chi connectivity index (χ4v) is 2.95. The van der Waals surface area contributed by atoms with Gasteiger partial charge in [0.05, 0.1) is 0 Å². The molecule has 0 aromatic heterocycles. The number of nitrogens with two attached hydrogens (primary N) is 1. The van der Waals surface area contributed by atoms with E-state index in [0.717, 1.165) is 21.9 Å². The van der Waals surface area contributed by atoms with Gasteiger partial charge in [-0.3, -0.25) is 0 Å². The van der Waals surface area contributed by atoms with Crippen molar-refractivity contribution in [2.24, 2.45) is 5.73 Å². The van der Waals surface area contributed by atoms with E-state index in [9.17, 15) is 0 Å². The minimum absolute atomic E-state index is 0. The summed E-state index contributed by atoms with van der Waals surface area (Å²) in [6.45, 7) is 3.75. The third-order valence-electron chi connectivity index (χ3n) is 2.78. The van der Waals surface area contributed by atoms with Crippen molar-refractivity contribution in [2.75, 3.05) is 0 Å². The molecule has 0 saturated heterocycles. The SMILES string of the molecule is C=CC[C@@H](N)c1ccccc1Sc1ccc(Cl)cc1.Cl. The largest absolute Gasteiger partial charge is 0.324 e. The zero-order valence-electron chi connectivity index (χ0n) is 11.0. The fourth-order valence-electron chi connectivity index (χ4n) is 1.82. The predicted octanol–water partition coefficient (Wildman–Crippen LogP) is 5.49. The molecule has 0 unspecified atom stereocenters. The number of benzene rings is 2. The second-order valence-electron chi connectivity index (χ2n) is 4.22. The number of hydrogen-bond acceptors (Lipinski definition) is 2. The van der Waals surface area contributed by atoms with E-state index in [1.165, 1.54) is 4.90 Å². The summed E-state index contributed by atoms with van der Waals surface area (Å²) in [6, 6.07) is 16.0. The molecule has 2 aromatic carbocycles. The van der Waals surface area contributed by atoms with Crippen LogP contribution < -0.4 is 5.73 Å². The van der Waals surface area contributed by atoms with Gasteiger partial charge in [-0.1, -0.05) is 47.6 Å².